The van der Waals surface area contributed by atoms with Crippen molar-refractivity contribution in [2.24, 2.45) is 0 Å². The van der Waals surface area contributed by atoms with Gasteiger partial charge in [-0.3, -0.25) is 0 Å². The van der Waals surface area contributed by atoms with Gasteiger partial charge in [-0.2, -0.15) is 0 Å². The van der Waals surface area contributed by atoms with Crippen molar-refractivity contribution < 1.29 is 14.3 Å². The first-order chi connectivity index (χ1) is 15.3. The fraction of sp³-hybridized carbons (Fsp3) is 0.0769. The van der Waals surface area contributed by atoms with E-state index in [0.29, 0.717) is 23.2 Å². The molecule has 0 spiro atoms. The van der Waals surface area contributed by atoms with Gasteiger partial charge in [-0.1, -0.05) is 61.0 Å². The average Bonchev–Trinajstić information content (AvgIpc) is 2.79. The van der Waals surface area contributed by atoms with Gasteiger partial charge in [-0.25, -0.2) is 9.18 Å². The van der Waals surface area contributed by atoms with Gasteiger partial charge >= 0.3 is 5.97 Å². The molecule has 32 heavy (non-hydrogen) atoms. The molecule has 0 heterocycles. The summed E-state index contributed by atoms with van der Waals surface area (Å²) in [4.78, 5) is 10.8. The smallest absolute Gasteiger partial charge is 0.328 e. The Morgan fingerprint density at radius 2 is 1.81 bits per heavy atom. The van der Waals surface area contributed by atoms with Crippen LogP contribution < -0.4 is 5.73 Å². The minimum Gasteiger partial charge on any atom is -0.478 e. The molecule has 0 saturated carbocycles. The maximum atomic E-state index is 14.3. The van der Waals surface area contributed by atoms with Crippen molar-refractivity contribution in [1.82, 2.24) is 0 Å². The molecule has 0 aliphatic heterocycles. The average molecular weight is 449 g/mol. The molecule has 3 rings (SSSR count). The molecule has 0 unspecified atom stereocenters. The highest BCUT2D eigenvalue weighted by atomic mass is 35.5. The minimum absolute atomic E-state index is 0.0468. The van der Waals surface area contributed by atoms with Gasteiger partial charge in [0.05, 0.1) is 5.02 Å². The molecule has 4 N–H and O–H groups in total. The van der Waals surface area contributed by atoms with Crippen LogP contribution in [0.5, 0.6) is 0 Å². The fourth-order valence-electron chi connectivity index (χ4n) is 3.54. The summed E-state index contributed by atoms with van der Waals surface area (Å²) in [5, 5.41) is 16.6. The number of nitrogens with one attached hydrogen (secondary N) is 1. The maximum Gasteiger partial charge on any atom is 0.328 e. The van der Waals surface area contributed by atoms with E-state index in [2.05, 4.69) is 0 Å². The Bertz CT molecular complexity index is 1230. The lowest BCUT2D eigenvalue weighted by molar-refractivity contribution is -0.131. The Kier molecular flexibility index (Phi) is 7.23. The lowest BCUT2D eigenvalue weighted by atomic mass is 9.87. The molecule has 0 aliphatic rings. The zero-order chi connectivity index (χ0) is 23.3. The molecule has 0 atom stereocenters. The van der Waals surface area contributed by atoms with Crippen molar-refractivity contribution in [3.05, 3.63) is 105 Å². The number of benzene rings is 3. The second-order valence-electron chi connectivity index (χ2n) is 7.09. The topological polar surface area (TPSA) is 87.2 Å². The summed E-state index contributed by atoms with van der Waals surface area (Å²) in [7, 11) is 0. The lowest BCUT2D eigenvalue weighted by Crippen LogP contribution is -1.99. The number of nitrogen functional groups attached to an aromatic ring is 1. The van der Waals surface area contributed by atoms with E-state index in [0.717, 1.165) is 33.9 Å². The van der Waals surface area contributed by atoms with E-state index in [1.807, 2.05) is 43.3 Å². The number of carbonyl (C=O) groups is 1. The summed E-state index contributed by atoms with van der Waals surface area (Å²) in [5.74, 6) is -1.52. The van der Waals surface area contributed by atoms with Gasteiger partial charge in [0.2, 0.25) is 0 Å². The van der Waals surface area contributed by atoms with Crippen molar-refractivity contribution in [1.29, 1.82) is 5.41 Å². The molecule has 0 saturated heterocycles. The highest BCUT2D eigenvalue weighted by molar-refractivity contribution is 6.33. The van der Waals surface area contributed by atoms with E-state index in [1.165, 1.54) is 18.4 Å². The van der Waals surface area contributed by atoms with E-state index in [9.17, 15) is 9.18 Å². The Labute approximate surface area is 191 Å². The SMILES string of the molecule is CC/C(=C(/c1ccc(/C=C/C(=O)O)cc1)c1ccc(N)c(C=N)c1)c1cccc(F)c1Cl. The predicted molar refractivity (Wildman–Crippen MR) is 129 cm³/mol. The number of carboxylic acid groups (broad SMARTS) is 1. The van der Waals surface area contributed by atoms with Gasteiger partial charge < -0.3 is 16.2 Å². The highest BCUT2D eigenvalue weighted by Gasteiger charge is 2.17. The van der Waals surface area contributed by atoms with Crippen LogP contribution in [0, 0.1) is 11.2 Å². The first-order valence-electron chi connectivity index (χ1n) is 9.95. The maximum absolute atomic E-state index is 14.3. The molecule has 6 heteroatoms. The number of allylic oxidation sites excluding steroid dienone is 1. The molecule has 3 aromatic carbocycles. The molecule has 0 radical (unpaired) electrons. The van der Waals surface area contributed by atoms with E-state index < -0.39 is 11.8 Å². The monoisotopic (exact) mass is 448 g/mol. The molecular weight excluding hydrogens is 427 g/mol. The first-order valence-corrected chi connectivity index (χ1v) is 10.3. The van der Waals surface area contributed by atoms with Crippen molar-refractivity contribution >= 4 is 46.7 Å². The lowest BCUT2D eigenvalue weighted by Gasteiger charge is -2.18. The van der Waals surface area contributed by atoms with Crippen LogP contribution in [0.25, 0.3) is 17.2 Å². The van der Waals surface area contributed by atoms with Crippen LogP contribution in [-0.4, -0.2) is 17.3 Å². The van der Waals surface area contributed by atoms with Crippen LogP contribution in [0.2, 0.25) is 5.02 Å². The molecular formula is C26H22ClFN2O2. The minimum atomic E-state index is -1.02. The van der Waals surface area contributed by atoms with Crippen LogP contribution in [0.15, 0.2) is 66.7 Å². The molecule has 0 aliphatic carbocycles. The fourth-order valence-corrected chi connectivity index (χ4v) is 3.78. The number of hydrogen-bond acceptors (Lipinski definition) is 3. The van der Waals surface area contributed by atoms with E-state index >= 15 is 0 Å². The Morgan fingerprint density at radius 3 is 2.44 bits per heavy atom. The number of carboxylic acids is 1. The van der Waals surface area contributed by atoms with Gasteiger partial charge in [-0.05, 0) is 64.1 Å². The third-order valence-electron chi connectivity index (χ3n) is 5.08. The number of nitrogens with two attached hydrogens (primary N) is 1. The van der Waals surface area contributed by atoms with Crippen LogP contribution in [0.3, 0.4) is 0 Å². The number of hydrogen-bond donors (Lipinski definition) is 3. The summed E-state index contributed by atoms with van der Waals surface area (Å²) in [6.07, 6.45) is 4.35. The molecule has 0 amide bonds. The normalized spacial score (nSPS) is 12.0. The molecule has 0 aromatic heterocycles. The van der Waals surface area contributed by atoms with Gasteiger partial charge in [0.1, 0.15) is 5.82 Å². The number of aliphatic carboxylic acids is 1. The van der Waals surface area contributed by atoms with Crippen LogP contribution in [-0.2, 0) is 4.79 Å². The van der Waals surface area contributed by atoms with Gasteiger partial charge in [0.15, 0.2) is 0 Å². The quantitative estimate of drug-likeness (QED) is 0.166. The highest BCUT2D eigenvalue weighted by Crippen LogP contribution is 2.38. The van der Waals surface area contributed by atoms with Crippen LogP contribution in [0.4, 0.5) is 10.1 Å². The molecule has 0 bridgehead atoms. The van der Waals surface area contributed by atoms with Gasteiger partial charge in [0.25, 0.3) is 0 Å². The van der Waals surface area contributed by atoms with Gasteiger partial charge in [0, 0.05) is 23.5 Å². The Hall–Kier alpha value is -3.70. The van der Waals surface area contributed by atoms with E-state index in [-0.39, 0.29) is 5.02 Å². The summed E-state index contributed by atoms with van der Waals surface area (Å²) in [5.41, 5.74) is 11.7. The molecule has 0 fully saturated rings. The predicted octanol–water partition coefficient (Wildman–Crippen LogP) is 6.53. The van der Waals surface area contributed by atoms with E-state index in [4.69, 9.17) is 27.9 Å². The molecule has 3 aromatic rings. The van der Waals surface area contributed by atoms with Gasteiger partial charge in [-0.15, -0.1) is 0 Å². The van der Waals surface area contributed by atoms with Crippen molar-refractivity contribution in [3.63, 3.8) is 0 Å². The Balaban J connectivity index is 2.29. The zero-order valence-electron chi connectivity index (χ0n) is 17.4. The molecule has 162 valence electrons. The number of anilines is 1. The molecule has 4 nitrogen and oxygen atoms in total. The third kappa shape index (κ3) is 4.95. The van der Waals surface area contributed by atoms with Crippen molar-refractivity contribution in [3.8, 4) is 0 Å². The number of rotatable bonds is 7. The summed E-state index contributed by atoms with van der Waals surface area (Å²) in [6, 6.07) is 17.5. The van der Waals surface area contributed by atoms with Crippen LogP contribution >= 0.6 is 11.6 Å². The largest absolute Gasteiger partial charge is 0.478 e. The Morgan fingerprint density at radius 1 is 1.12 bits per heavy atom. The van der Waals surface area contributed by atoms with Crippen molar-refractivity contribution in [2.45, 2.75) is 13.3 Å². The van der Waals surface area contributed by atoms with Crippen molar-refractivity contribution in [2.75, 3.05) is 5.73 Å². The number of halogens is 2. The first kappa shape index (κ1) is 23.0. The summed E-state index contributed by atoms with van der Waals surface area (Å²) in [6.45, 7) is 1.97. The second kappa shape index (κ2) is 10.1. The van der Waals surface area contributed by atoms with E-state index in [1.54, 1.807) is 18.2 Å². The summed E-state index contributed by atoms with van der Waals surface area (Å²) >= 11 is 6.34. The van der Waals surface area contributed by atoms with Crippen LogP contribution in [0.1, 0.15) is 41.2 Å². The summed E-state index contributed by atoms with van der Waals surface area (Å²) < 4.78 is 14.3. The third-order valence-corrected chi connectivity index (χ3v) is 5.46. The zero-order valence-corrected chi connectivity index (χ0v) is 18.2. The second-order valence-corrected chi connectivity index (χ2v) is 7.47. The standard InChI is InChI=1S/C26H22ClFN2O2/c1-2-20(21-4-3-5-22(28)26(21)27)25(18-11-12-23(30)19(14-18)15-29)17-9-6-16(7-10-17)8-13-24(31)32/h3-15,29H,2,30H2,1H3,(H,31,32)/b13-8+,25-20+,29-15?.